The van der Waals surface area contributed by atoms with Crippen molar-refractivity contribution >= 4 is 26.8 Å². The molecule has 1 amide bonds. The molecule has 7 nitrogen and oxygen atoms in total. The largest absolute Gasteiger partial charge is 0.379 e. The van der Waals surface area contributed by atoms with Crippen LogP contribution in [0.15, 0.2) is 35.4 Å². The van der Waals surface area contributed by atoms with Crippen LogP contribution in [-0.4, -0.2) is 55.5 Å². The Bertz CT molecular complexity index is 968. The van der Waals surface area contributed by atoms with Crippen LogP contribution < -0.4 is 5.32 Å². The fraction of sp³-hybridized carbons (Fsp3) is 0.591. The molecule has 2 heterocycles. The monoisotopic (exact) mass is 435 g/mol. The van der Waals surface area contributed by atoms with Gasteiger partial charge in [0, 0.05) is 49.9 Å². The second-order valence-corrected chi connectivity index (χ2v) is 10.0. The molecular formula is C22H33N3O4S. The molecule has 1 aromatic carbocycles. The van der Waals surface area contributed by atoms with Crippen molar-refractivity contribution in [2.75, 3.05) is 26.2 Å². The number of benzene rings is 1. The number of aromatic nitrogens is 1. The zero-order valence-electron chi connectivity index (χ0n) is 18.1. The van der Waals surface area contributed by atoms with Gasteiger partial charge in [-0.3, -0.25) is 4.79 Å². The number of fused-ring (bicyclic) bond motifs is 1. The number of rotatable bonds is 9. The van der Waals surface area contributed by atoms with E-state index in [0.717, 1.165) is 23.9 Å². The summed E-state index contributed by atoms with van der Waals surface area (Å²) in [6.07, 6.45) is 4.28. The number of carbonyl (C=O) groups excluding carboxylic acids is 1. The minimum absolute atomic E-state index is 0.0741. The fourth-order valence-corrected chi connectivity index (χ4v) is 5.45. The van der Waals surface area contributed by atoms with E-state index in [9.17, 15) is 13.2 Å². The molecule has 1 aromatic heterocycles. The second kappa shape index (κ2) is 9.94. The van der Waals surface area contributed by atoms with Crippen LogP contribution in [0, 0.1) is 5.92 Å². The van der Waals surface area contributed by atoms with Gasteiger partial charge in [0.25, 0.3) is 0 Å². The van der Waals surface area contributed by atoms with E-state index in [1.807, 2.05) is 32.2 Å². The van der Waals surface area contributed by atoms with Gasteiger partial charge in [-0.2, -0.15) is 4.31 Å². The summed E-state index contributed by atoms with van der Waals surface area (Å²) in [7, 11) is -3.63. The summed E-state index contributed by atoms with van der Waals surface area (Å²) in [5.41, 5.74) is 1.02. The average Bonchev–Trinajstić information content (AvgIpc) is 3.15. The first kappa shape index (κ1) is 22.8. The van der Waals surface area contributed by atoms with Crippen molar-refractivity contribution in [2.24, 2.45) is 5.92 Å². The Balaban J connectivity index is 1.63. The van der Waals surface area contributed by atoms with Crippen molar-refractivity contribution in [1.82, 2.24) is 14.2 Å². The maximum absolute atomic E-state index is 13.2. The topological polar surface area (TPSA) is 80.6 Å². The van der Waals surface area contributed by atoms with Crippen molar-refractivity contribution in [2.45, 2.75) is 57.6 Å². The third-order valence-corrected chi connectivity index (χ3v) is 7.41. The Morgan fingerprint density at radius 3 is 2.83 bits per heavy atom. The van der Waals surface area contributed by atoms with Crippen LogP contribution in [-0.2, 0) is 26.1 Å². The van der Waals surface area contributed by atoms with Crippen LogP contribution in [0.2, 0.25) is 0 Å². The first-order valence-electron chi connectivity index (χ1n) is 10.8. The van der Waals surface area contributed by atoms with Crippen LogP contribution in [0.3, 0.4) is 0 Å². The van der Waals surface area contributed by atoms with Crippen molar-refractivity contribution in [3.8, 4) is 0 Å². The molecule has 1 saturated heterocycles. The maximum atomic E-state index is 13.2. The second-order valence-electron chi connectivity index (χ2n) is 8.09. The predicted molar refractivity (Wildman–Crippen MR) is 118 cm³/mol. The molecule has 0 aliphatic carbocycles. The van der Waals surface area contributed by atoms with Crippen molar-refractivity contribution in [1.29, 1.82) is 0 Å². The van der Waals surface area contributed by atoms with Gasteiger partial charge >= 0.3 is 0 Å². The molecule has 0 saturated carbocycles. The lowest BCUT2D eigenvalue weighted by Crippen LogP contribution is -2.45. The molecule has 1 atom stereocenters. The minimum atomic E-state index is -3.63. The number of nitrogens with zero attached hydrogens (tertiary/aromatic N) is 2. The van der Waals surface area contributed by atoms with Crippen LogP contribution in [0.1, 0.15) is 40.0 Å². The van der Waals surface area contributed by atoms with Gasteiger partial charge < -0.3 is 14.6 Å². The summed E-state index contributed by atoms with van der Waals surface area (Å²) in [5, 5.41) is 3.84. The lowest BCUT2D eigenvalue weighted by molar-refractivity contribution is -0.126. The van der Waals surface area contributed by atoms with Gasteiger partial charge in [0.15, 0.2) is 0 Å². The lowest BCUT2D eigenvalue weighted by Gasteiger charge is -2.31. The quantitative estimate of drug-likeness (QED) is 0.614. The Morgan fingerprint density at radius 2 is 2.10 bits per heavy atom. The first-order valence-corrected chi connectivity index (χ1v) is 12.2. The van der Waals surface area contributed by atoms with Gasteiger partial charge in [-0.15, -0.1) is 0 Å². The van der Waals surface area contributed by atoms with Crippen LogP contribution in [0.25, 0.3) is 10.9 Å². The van der Waals surface area contributed by atoms with E-state index < -0.39 is 10.0 Å². The molecule has 1 aliphatic rings. The van der Waals surface area contributed by atoms with Gasteiger partial charge in [-0.05, 0) is 64.3 Å². The highest BCUT2D eigenvalue weighted by Gasteiger charge is 2.33. The third-order valence-electron chi connectivity index (χ3n) is 5.55. The molecule has 2 aromatic rings. The SMILES string of the molecule is CCn1ccc2cc(S(=O)(=O)N3CCC[C@H](C(=O)NCCCOC(C)C)C3)ccc21. The zero-order valence-corrected chi connectivity index (χ0v) is 19.0. The summed E-state index contributed by atoms with van der Waals surface area (Å²) in [6.45, 7) is 8.67. The van der Waals surface area contributed by atoms with Crippen molar-refractivity contribution in [3.63, 3.8) is 0 Å². The molecule has 166 valence electrons. The minimum Gasteiger partial charge on any atom is -0.379 e. The number of aryl methyl sites for hydroxylation is 1. The van der Waals surface area contributed by atoms with E-state index >= 15 is 0 Å². The molecule has 30 heavy (non-hydrogen) atoms. The highest BCUT2D eigenvalue weighted by atomic mass is 32.2. The summed E-state index contributed by atoms with van der Waals surface area (Å²) in [6, 6.07) is 7.20. The Kier molecular flexibility index (Phi) is 7.55. The van der Waals surface area contributed by atoms with Crippen molar-refractivity contribution < 1.29 is 17.9 Å². The number of sulfonamides is 1. The molecule has 0 radical (unpaired) electrons. The van der Waals surface area contributed by atoms with E-state index in [-0.39, 0.29) is 29.4 Å². The predicted octanol–water partition coefficient (Wildman–Crippen LogP) is 2.99. The van der Waals surface area contributed by atoms with Gasteiger partial charge in [-0.1, -0.05) is 0 Å². The highest BCUT2D eigenvalue weighted by Crippen LogP contribution is 2.27. The Morgan fingerprint density at radius 1 is 1.30 bits per heavy atom. The number of amides is 1. The number of piperidine rings is 1. The third kappa shape index (κ3) is 5.22. The summed E-state index contributed by atoms with van der Waals surface area (Å²) < 4.78 is 35.4. The number of hydrogen-bond donors (Lipinski definition) is 1. The molecule has 3 rings (SSSR count). The van der Waals surface area contributed by atoms with Crippen LogP contribution >= 0.6 is 0 Å². The highest BCUT2D eigenvalue weighted by molar-refractivity contribution is 7.89. The summed E-state index contributed by atoms with van der Waals surface area (Å²) in [4.78, 5) is 12.8. The smallest absolute Gasteiger partial charge is 0.243 e. The summed E-state index contributed by atoms with van der Waals surface area (Å²) >= 11 is 0. The molecule has 8 heteroatoms. The van der Waals surface area contributed by atoms with E-state index in [2.05, 4.69) is 16.8 Å². The zero-order chi connectivity index (χ0) is 21.7. The van der Waals surface area contributed by atoms with Gasteiger partial charge in [0.1, 0.15) is 0 Å². The van der Waals surface area contributed by atoms with E-state index in [1.165, 1.54) is 4.31 Å². The molecule has 1 N–H and O–H groups in total. The van der Waals surface area contributed by atoms with E-state index in [0.29, 0.717) is 32.5 Å². The number of carbonyl (C=O) groups is 1. The Labute approximate surface area is 179 Å². The standard InChI is InChI=1S/C22H33N3O4S/c1-4-24-13-10-18-15-20(8-9-21(18)24)30(27,28)25-12-5-7-19(16-25)22(26)23-11-6-14-29-17(2)3/h8-10,13,15,17,19H,4-7,11-12,14,16H2,1-3H3,(H,23,26)/t19-/m0/s1. The summed E-state index contributed by atoms with van der Waals surface area (Å²) in [5.74, 6) is -0.389. The van der Waals surface area contributed by atoms with Gasteiger partial charge in [-0.25, -0.2) is 8.42 Å². The Hall–Kier alpha value is -1.90. The van der Waals surface area contributed by atoms with E-state index in [4.69, 9.17) is 4.74 Å². The van der Waals surface area contributed by atoms with E-state index in [1.54, 1.807) is 12.1 Å². The molecule has 0 spiro atoms. The lowest BCUT2D eigenvalue weighted by atomic mass is 9.99. The average molecular weight is 436 g/mol. The first-order chi connectivity index (χ1) is 14.3. The molecule has 1 fully saturated rings. The molecule has 0 unspecified atom stereocenters. The van der Waals surface area contributed by atoms with Gasteiger partial charge in [0.05, 0.1) is 16.9 Å². The molecule has 1 aliphatic heterocycles. The molecule has 0 bridgehead atoms. The molecular weight excluding hydrogens is 402 g/mol. The number of ether oxygens (including phenoxy) is 1. The van der Waals surface area contributed by atoms with Crippen LogP contribution in [0.4, 0.5) is 0 Å². The fourth-order valence-electron chi connectivity index (χ4n) is 3.89. The van der Waals surface area contributed by atoms with Crippen molar-refractivity contribution in [3.05, 3.63) is 30.5 Å². The van der Waals surface area contributed by atoms with Gasteiger partial charge in [0.2, 0.25) is 15.9 Å². The van der Waals surface area contributed by atoms with Crippen LogP contribution in [0.5, 0.6) is 0 Å². The number of hydrogen-bond acceptors (Lipinski definition) is 4. The maximum Gasteiger partial charge on any atom is 0.243 e. The number of nitrogens with one attached hydrogen (secondary N) is 1. The normalized spacial score (nSPS) is 18.2.